The molecule has 1 atom stereocenters. The van der Waals surface area contributed by atoms with Crippen molar-refractivity contribution in [1.82, 2.24) is 5.32 Å². The molecule has 0 aromatic carbocycles. The quantitative estimate of drug-likeness (QED) is 0.524. The Morgan fingerprint density at radius 2 is 1.63 bits per heavy atom. The maximum absolute atomic E-state index is 12.1. The van der Waals surface area contributed by atoms with Gasteiger partial charge in [0.05, 0.1) is 5.41 Å². The predicted molar refractivity (Wildman–Crippen MR) is 68.5 cm³/mol. The topological polar surface area (TPSA) is 130 Å². The van der Waals surface area contributed by atoms with Gasteiger partial charge in [0.1, 0.15) is 6.04 Å². The third-order valence-electron chi connectivity index (χ3n) is 3.43. The first-order valence-electron chi connectivity index (χ1n) is 5.94. The number of amides is 1. The zero-order chi connectivity index (χ0) is 15.4. The van der Waals surface area contributed by atoms with Crippen LogP contribution in [0.4, 0.5) is 0 Å². The molecule has 0 aromatic rings. The summed E-state index contributed by atoms with van der Waals surface area (Å²) in [5.74, 6) is -2.89. The maximum atomic E-state index is 12.1. The van der Waals surface area contributed by atoms with Gasteiger partial charge in [0.2, 0.25) is 5.91 Å². The second-order valence-corrected chi connectivity index (χ2v) is 5.64. The van der Waals surface area contributed by atoms with Gasteiger partial charge in [-0.05, 0) is 34.1 Å². The molecule has 0 bridgehead atoms. The number of carboxylic acid groups (broad SMARTS) is 2. The summed E-state index contributed by atoms with van der Waals surface area (Å²) in [5.41, 5.74) is 4.06. The fourth-order valence-corrected chi connectivity index (χ4v) is 1.16. The van der Waals surface area contributed by atoms with E-state index in [0.29, 0.717) is 0 Å². The highest BCUT2D eigenvalue weighted by Gasteiger charge is 2.41. The fraction of sp³-hybridized carbons (Fsp3) is 0.750. The lowest BCUT2D eigenvalue weighted by Gasteiger charge is -2.37. The number of aliphatic carboxylic acids is 2. The van der Waals surface area contributed by atoms with Gasteiger partial charge in [-0.3, -0.25) is 9.59 Å². The molecule has 7 heteroatoms. The minimum absolute atomic E-state index is 0.169. The first kappa shape index (κ1) is 17.4. The van der Waals surface area contributed by atoms with Crippen molar-refractivity contribution in [2.75, 3.05) is 0 Å². The summed E-state index contributed by atoms with van der Waals surface area (Å²) < 4.78 is 0. The van der Waals surface area contributed by atoms with E-state index < -0.39 is 34.8 Å². The Hall–Kier alpha value is -1.63. The molecular weight excluding hydrogens is 252 g/mol. The van der Waals surface area contributed by atoms with Gasteiger partial charge in [0.25, 0.3) is 0 Å². The lowest BCUT2D eigenvalue weighted by molar-refractivity contribution is -0.145. The lowest BCUT2D eigenvalue weighted by Crippen LogP contribution is -2.58. The van der Waals surface area contributed by atoms with Gasteiger partial charge in [-0.2, -0.15) is 0 Å². The van der Waals surface area contributed by atoms with Crippen LogP contribution in [0.2, 0.25) is 0 Å². The number of hydrogen-bond donors (Lipinski definition) is 4. The van der Waals surface area contributed by atoms with Gasteiger partial charge in [0, 0.05) is 12.0 Å². The Morgan fingerprint density at radius 3 is 1.95 bits per heavy atom. The first-order valence-corrected chi connectivity index (χ1v) is 5.94. The van der Waals surface area contributed by atoms with Gasteiger partial charge in [-0.15, -0.1) is 0 Å². The number of nitrogens with one attached hydrogen (secondary N) is 1. The predicted octanol–water partition coefficient (Wildman–Crippen LogP) is 0.184. The van der Waals surface area contributed by atoms with E-state index >= 15 is 0 Å². The maximum Gasteiger partial charge on any atom is 0.326 e. The molecule has 0 aliphatic carbocycles. The zero-order valence-corrected chi connectivity index (χ0v) is 11.7. The summed E-state index contributed by atoms with van der Waals surface area (Å²) in [5, 5.41) is 19.8. The van der Waals surface area contributed by atoms with Crippen molar-refractivity contribution in [1.29, 1.82) is 0 Å². The van der Waals surface area contributed by atoms with Crippen LogP contribution in [0.15, 0.2) is 0 Å². The molecule has 110 valence electrons. The van der Waals surface area contributed by atoms with E-state index in [9.17, 15) is 14.4 Å². The van der Waals surface area contributed by atoms with E-state index in [0.717, 1.165) is 0 Å². The molecule has 19 heavy (non-hydrogen) atoms. The van der Waals surface area contributed by atoms with Gasteiger partial charge < -0.3 is 21.3 Å². The van der Waals surface area contributed by atoms with Crippen LogP contribution >= 0.6 is 0 Å². The average Bonchev–Trinajstić information content (AvgIpc) is 2.21. The number of rotatable bonds is 7. The van der Waals surface area contributed by atoms with Gasteiger partial charge >= 0.3 is 11.9 Å². The molecule has 0 aliphatic heterocycles. The third-order valence-corrected chi connectivity index (χ3v) is 3.43. The summed E-state index contributed by atoms with van der Waals surface area (Å²) in [6, 6.07) is -1.23. The van der Waals surface area contributed by atoms with Gasteiger partial charge in [-0.1, -0.05) is 0 Å². The van der Waals surface area contributed by atoms with E-state index in [-0.39, 0.29) is 12.8 Å². The first-order chi connectivity index (χ1) is 8.39. The number of carbonyl (C=O) groups is 3. The zero-order valence-electron chi connectivity index (χ0n) is 11.7. The summed E-state index contributed by atoms with van der Waals surface area (Å²) in [6.45, 7) is 6.55. The van der Waals surface area contributed by atoms with Crippen LogP contribution in [0.1, 0.15) is 40.5 Å². The average molecular weight is 274 g/mol. The molecule has 0 saturated carbocycles. The second kappa shape index (κ2) is 6.01. The standard InChI is InChI=1S/C12H22N2O5/c1-11(2,12(3,4)13)10(19)14-7(9(17)18)5-6-8(15)16/h7H,5-6,13H2,1-4H3,(H,14,19)(H,15,16)(H,17,18)/t7-/m0/s1. The Labute approximate surface area is 112 Å². The SMILES string of the molecule is CC(C)(N)C(C)(C)C(=O)N[C@@H](CCC(=O)O)C(=O)O. The summed E-state index contributed by atoms with van der Waals surface area (Å²) in [4.78, 5) is 33.5. The van der Waals surface area contributed by atoms with E-state index in [1.54, 1.807) is 27.7 Å². The van der Waals surface area contributed by atoms with Crippen molar-refractivity contribution in [3.63, 3.8) is 0 Å². The number of nitrogens with two attached hydrogens (primary N) is 1. The van der Waals surface area contributed by atoms with Crippen LogP contribution in [-0.2, 0) is 14.4 Å². The molecule has 7 nitrogen and oxygen atoms in total. The number of carbonyl (C=O) groups excluding carboxylic acids is 1. The lowest BCUT2D eigenvalue weighted by atomic mass is 9.74. The van der Waals surface area contributed by atoms with Crippen molar-refractivity contribution in [2.24, 2.45) is 11.1 Å². The van der Waals surface area contributed by atoms with Crippen molar-refractivity contribution in [3.05, 3.63) is 0 Å². The Kier molecular flexibility index (Phi) is 5.49. The summed E-state index contributed by atoms with van der Waals surface area (Å²) in [6.07, 6.45) is -0.499. The van der Waals surface area contributed by atoms with Crippen molar-refractivity contribution in [3.8, 4) is 0 Å². The molecule has 0 spiro atoms. The Balaban J connectivity index is 4.82. The second-order valence-electron chi connectivity index (χ2n) is 5.64. The fourth-order valence-electron chi connectivity index (χ4n) is 1.16. The van der Waals surface area contributed by atoms with E-state index in [4.69, 9.17) is 15.9 Å². The van der Waals surface area contributed by atoms with Crippen LogP contribution < -0.4 is 11.1 Å². The molecule has 5 N–H and O–H groups in total. The summed E-state index contributed by atoms with van der Waals surface area (Å²) in [7, 11) is 0. The molecule has 0 rings (SSSR count). The highest BCUT2D eigenvalue weighted by molar-refractivity contribution is 5.88. The minimum atomic E-state index is -1.26. The van der Waals surface area contributed by atoms with Crippen LogP contribution in [0.3, 0.4) is 0 Å². The molecule has 1 amide bonds. The highest BCUT2D eigenvalue weighted by Crippen LogP contribution is 2.28. The van der Waals surface area contributed by atoms with Crippen molar-refractivity contribution >= 4 is 17.8 Å². The monoisotopic (exact) mass is 274 g/mol. The van der Waals surface area contributed by atoms with Gasteiger partial charge in [-0.25, -0.2) is 4.79 Å². The molecule has 0 radical (unpaired) electrons. The minimum Gasteiger partial charge on any atom is -0.481 e. The van der Waals surface area contributed by atoms with E-state index in [1.165, 1.54) is 0 Å². The molecule has 0 heterocycles. The smallest absolute Gasteiger partial charge is 0.326 e. The van der Waals surface area contributed by atoms with E-state index in [1.807, 2.05) is 0 Å². The summed E-state index contributed by atoms with van der Waals surface area (Å²) >= 11 is 0. The van der Waals surface area contributed by atoms with Crippen LogP contribution in [0.25, 0.3) is 0 Å². The van der Waals surface area contributed by atoms with E-state index in [2.05, 4.69) is 5.32 Å². The molecule has 0 unspecified atom stereocenters. The van der Waals surface area contributed by atoms with Crippen LogP contribution in [0, 0.1) is 5.41 Å². The molecule has 0 aromatic heterocycles. The highest BCUT2D eigenvalue weighted by atomic mass is 16.4. The van der Waals surface area contributed by atoms with Crippen LogP contribution in [0.5, 0.6) is 0 Å². The number of carboxylic acids is 2. The Bertz CT molecular complexity index is 371. The number of hydrogen-bond acceptors (Lipinski definition) is 4. The normalized spacial score (nSPS) is 13.7. The molecular formula is C12H22N2O5. The van der Waals surface area contributed by atoms with Crippen LogP contribution in [-0.4, -0.2) is 39.6 Å². The Morgan fingerprint density at radius 1 is 1.16 bits per heavy atom. The van der Waals surface area contributed by atoms with Crippen molar-refractivity contribution < 1.29 is 24.6 Å². The molecule has 0 aliphatic rings. The largest absolute Gasteiger partial charge is 0.481 e. The van der Waals surface area contributed by atoms with Gasteiger partial charge in [0.15, 0.2) is 0 Å². The molecule has 0 fully saturated rings. The molecule has 0 saturated heterocycles. The van der Waals surface area contributed by atoms with Crippen molar-refractivity contribution in [2.45, 2.75) is 52.1 Å². The third kappa shape index (κ3) is 4.86.